The van der Waals surface area contributed by atoms with Crippen LogP contribution in [0.5, 0.6) is 5.75 Å². The molecule has 120 valence electrons. The highest BCUT2D eigenvalue weighted by atomic mass is 32.2. The van der Waals surface area contributed by atoms with Crippen molar-refractivity contribution in [3.8, 4) is 11.8 Å². The van der Waals surface area contributed by atoms with Crippen molar-refractivity contribution in [2.75, 3.05) is 26.6 Å². The van der Waals surface area contributed by atoms with Crippen LogP contribution in [0.1, 0.15) is 5.56 Å². The number of alkyl halides is 2. The van der Waals surface area contributed by atoms with E-state index in [1.807, 2.05) is 0 Å². The van der Waals surface area contributed by atoms with Gasteiger partial charge < -0.3 is 9.64 Å². The van der Waals surface area contributed by atoms with Crippen LogP contribution in [0.25, 0.3) is 0 Å². The average Bonchev–Trinajstić information content (AvgIpc) is 2.33. The SMILES string of the molecule is CN(C)C=Nc1cc(N=S(C)(C)=O)cc(OC(F)F)c1C#N. The van der Waals surface area contributed by atoms with Crippen molar-refractivity contribution in [2.45, 2.75) is 6.61 Å². The molecule has 0 bridgehead atoms. The zero-order valence-corrected chi connectivity index (χ0v) is 13.4. The van der Waals surface area contributed by atoms with Gasteiger partial charge in [0.15, 0.2) is 0 Å². The Morgan fingerprint density at radius 1 is 1.41 bits per heavy atom. The fourth-order valence-electron chi connectivity index (χ4n) is 1.47. The molecule has 0 fully saturated rings. The molecule has 0 amide bonds. The van der Waals surface area contributed by atoms with E-state index in [1.54, 1.807) is 25.1 Å². The fraction of sp³-hybridized carbons (Fsp3) is 0.385. The number of ether oxygens (including phenoxy) is 1. The van der Waals surface area contributed by atoms with E-state index < -0.39 is 16.3 Å². The first-order chi connectivity index (χ1) is 10.1. The van der Waals surface area contributed by atoms with Crippen LogP contribution in [0.4, 0.5) is 20.2 Å². The maximum absolute atomic E-state index is 12.5. The summed E-state index contributed by atoms with van der Waals surface area (Å²) >= 11 is 0. The first-order valence-electron chi connectivity index (χ1n) is 6.03. The normalized spacial score (nSPS) is 11.5. The smallest absolute Gasteiger partial charge is 0.387 e. The lowest BCUT2D eigenvalue weighted by molar-refractivity contribution is -0.0499. The maximum atomic E-state index is 12.5. The van der Waals surface area contributed by atoms with Gasteiger partial charge in [0.2, 0.25) is 0 Å². The van der Waals surface area contributed by atoms with E-state index in [-0.39, 0.29) is 22.7 Å². The van der Waals surface area contributed by atoms with E-state index in [1.165, 1.54) is 24.9 Å². The molecule has 9 heteroatoms. The Kier molecular flexibility index (Phi) is 5.82. The van der Waals surface area contributed by atoms with Crippen LogP contribution in [0.15, 0.2) is 21.5 Å². The summed E-state index contributed by atoms with van der Waals surface area (Å²) in [7, 11) is 0.924. The summed E-state index contributed by atoms with van der Waals surface area (Å²) < 4.78 is 45.0. The largest absolute Gasteiger partial charge is 0.433 e. The molecule has 0 N–H and O–H groups in total. The van der Waals surface area contributed by atoms with Crippen molar-refractivity contribution >= 4 is 27.4 Å². The minimum atomic E-state index is -3.10. The molecule has 0 aliphatic rings. The monoisotopic (exact) mass is 330 g/mol. The number of hydrogen-bond donors (Lipinski definition) is 0. The highest BCUT2D eigenvalue weighted by molar-refractivity contribution is 7.92. The van der Waals surface area contributed by atoms with Gasteiger partial charge in [-0.05, 0) is 6.07 Å². The summed E-state index contributed by atoms with van der Waals surface area (Å²) in [6.45, 7) is -3.10. The second kappa shape index (κ2) is 7.17. The quantitative estimate of drug-likeness (QED) is 0.614. The Labute approximate surface area is 128 Å². The summed E-state index contributed by atoms with van der Waals surface area (Å²) in [4.78, 5) is 5.65. The lowest BCUT2D eigenvalue weighted by Gasteiger charge is -2.10. The predicted molar refractivity (Wildman–Crippen MR) is 81.7 cm³/mol. The Bertz CT molecular complexity index is 724. The highest BCUT2D eigenvalue weighted by Gasteiger charge is 2.15. The number of nitrogens with zero attached hydrogens (tertiary/aromatic N) is 4. The van der Waals surface area contributed by atoms with Crippen LogP contribution in [0.3, 0.4) is 0 Å². The van der Waals surface area contributed by atoms with Crippen molar-refractivity contribution in [1.82, 2.24) is 4.90 Å². The Balaban J connectivity index is 3.55. The van der Waals surface area contributed by atoms with Gasteiger partial charge in [-0.2, -0.15) is 18.4 Å². The van der Waals surface area contributed by atoms with Crippen LogP contribution in [-0.2, 0) is 9.73 Å². The van der Waals surface area contributed by atoms with Crippen molar-refractivity contribution in [2.24, 2.45) is 9.36 Å². The van der Waals surface area contributed by atoms with Crippen LogP contribution >= 0.6 is 0 Å². The molecular formula is C13H16F2N4O2S. The van der Waals surface area contributed by atoms with E-state index >= 15 is 0 Å². The standard InChI is InChI=1S/C13H16F2N4O2S/c1-19(2)8-17-11-5-9(18-22(3,4)20)6-12(10(11)7-16)21-13(14)15/h5-6,8,13H,1-4H3. The van der Waals surface area contributed by atoms with Crippen molar-refractivity contribution in [3.05, 3.63) is 17.7 Å². The molecule has 0 saturated carbocycles. The molecular weight excluding hydrogens is 314 g/mol. The molecule has 1 aromatic carbocycles. The van der Waals surface area contributed by atoms with Gasteiger partial charge in [-0.1, -0.05) is 0 Å². The lowest BCUT2D eigenvalue weighted by atomic mass is 10.1. The summed E-state index contributed by atoms with van der Waals surface area (Å²) in [5.41, 5.74) is 0.114. The third kappa shape index (κ3) is 5.65. The fourth-order valence-corrected chi connectivity index (χ4v) is 2.09. The zero-order valence-electron chi connectivity index (χ0n) is 12.6. The maximum Gasteiger partial charge on any atom is 0.387 e. The summed E-state index contributed by atoms with van der Waals surface area (Å²) in [5, 5.41) is 9.15. The predicted octanol–water partition coefficient (Wildman–Crippen LogP) is 2.74. The second-order valence-corrected chi connectivity index (χ2v) is 7.35. The number of nitriles is 1. The Morgan fingerprint density at radius 3 is 2.50 bits per heavy atom. The van der Waals surface area contributed by atoms with Gasteiger partial charge in [0.1, 0.15) is 17.4 Å². The summed E-state index contributed by atoms with van der Waals surface area (Å²) in [6.07, 6.45) is 4.21. The van der Waals surface area contributed by atoms with Crippen LogP contribution in [-0.4, -0.2) is 48.7 Å². The minimum Gasteiger partial charge on any atom is -0.433 e. The van der Waals surface area contributed by atoms with Gasteiger partial charge in [0.05, 0.1) is 17.7 Å². The molecule has 6 nitrogen and oxygen atoms in total. The van der Waals surface area contributed by atoms with Crippen molar-refractivity contribution in [1.29, 1.82) is 5.26 Å². The first kappa shape index (κ1) is 17.8. The Morgan fingerprint density at radius 2 is 2.05 bits per heavy atom. The summed E-state index contributed by atoms with van der Waals surface area (Å²) in [6, 6.07) is 4.32. The van der Waals surface area contributed by atoms with E-state index in [9.17, 15) is 13.0 Å². The number of benzene rings is 1. The van der Waals surface area contributed by atoms with Crippen LogP contribution in [0.2, 0.25) is 0 Å². The number of aliphatic imine (C=N–C) groups is 1. The zero-order chi connectivity index (χ0) is 16.9. The molecule has 0 spiro atoms. The molecule has 22 heavy (non-hydrogen) atoms. The number of halogens is 2. The Hall–Kier alpha value is -2.21. The highest BCUT2D eigenvalue weighted by Crippen LogP contribution is 2.35. The third-order valence-corrected chi connectivity index (χ3v) is 2.80. The lowest BCUT2D eigenvalue weighted by Crippen LogP contribution is -2.07. The molecule has 1 rings (SSSR count). The van der Waals surface area contributed by atoms with Gasteiger partial charge in [0.25, 0.3) is 0 Å². The molecule has 1 aromatic rings. The van der Waals surface area contributed by atoms with Gasteiger partial charge in [-0.25, -0.2) is 9.20 Å². The van der Waals surface area contributed by atoms with E-state index in [4.69, 9.17) is 5.26 Å². The third-order valence-electron chi connectivity index (χ3n) is 2.15. The number of hydrogen-bond acceptors (Lipinski definition) is 5. The van der Waals surface area contributed by atoms with Gasteiger partial charge in [0, 0.05) is 42.4 Å². The minimum absolute atomic E-state index is 0.108. The molecule has 0 aliphatic carbocycles. The molecule has 0 aliphatic heterocycles. The summed E-state index contributed by atoms with van der Waals surface area (Å²) in [5.74, 6) is -0.353. The number of rotatable bonds is 5. The average molecular weight is 330 g/mol. The molecule has 0 saturated heterocycles. The molecule has 0 radical (unpaired) electrons. The van der Waals surface area contributed by atoms with E-state index in [0.29, 0.717) is 0 Å². The van der Waals surface area contributed by atoms with Crippen molar-refractivity contribution < 1.29 is 17.7 Å². The molecule has 0 unspecified atom stereocenters. The van der Waals surface area contributed by atoms with Gasteiger partial charge >= 0.3 is 6.61 Å². The topological polar surface area (TPSA) is 78.1 Å². The first-order valence-corrected chi connectivity index (χ1v) is 8.36. The van der Waals surface area contributed by atoms with E-state index in [2.05, 4.69) is 14.1 Å². The second-order valence-electron chi connectivity index (χ2n) is 4.81. The molecule has 0 heterocycles. The molecule has 0 aromatic heterocycles. The van der Waals surface area contributed by atoms with E-state index in [0.717, 1.165) is 6.07 Å². The van der Waals surface area contributed by atoms with Gasteiger partial charge in [-0.3, -0.25) is 0 Å². The van der Waals surface area contributed by atoms with Crippen LogP contribution < -0.4 is 4.74 Å². The van der Waals surface area contributed by atoms with Crippen LogP contribution in [0, 0.1) is 11.3 Å². The van der Waals surface area contributed by atoms with Gasteiger partial charge in [-0.15, -0.1) is 0 Å². The van der Waals surface area contributed by atoms with Crippen molar-refractivity contribution in [3.63, 3.8) is 0 Å². The molecule has 0 atom stereocenters.